The molecule has 8 heteroatoms. The van der Waals surface area contributed by atoms with E-state index in [9.17, 15) is 9.59 Å². The van der Waals surface area contributed by atoms with Crippen LogP contribution >= 0.6 is 23.4 Å². The van der Waals surface area contributed by atoms with E-state index in [2.05, 4.69) is 10.6 Å². The third-order valence-corrected chi connectivity index (χ3v) is 6.25. The first-order chi connectivity index (χ1) is 15.0. The molecule has 0 saturated carbocycles. The molecule has 0 aliphatic carbocycles. The Morgan fingerprint density at radius 1 is 1.03 bits per heavy atom. The van der Waals surface area contributed by atoms with Crippen LogP contribution in [-0.4, -0.2) is 25.6 Å². The minimum atomic E-state index is -0.417. The SMILES string of the molecule is CCN1C(=O)c2ccccc2Sc2ccc(NC(=O)Nc3ccc(OC)c(Cl)c3)cc21. The van der Waals surface area contributed by atoms with E-state index in [1.54, 1.807) is 34.9 Å². The van der Waals surface area contributed by atoms with Gasteiger partial charge in [-0.1, -0.05) is 35.5 Å². The van der Waals surface area contributed by atoms with Gasteiger partial charge in [-0.2, -0.15) is 0 Å². The summed E-state index contributed by atoms with van der Waals surface area (Å²) in [4.78, 5) is 29.2. The zero-order valence-corrected chi connectivity index (χ0v) is 18.5. The van der Waals surface area contributed by atoms with Crippen molar-refractivity contribution in [3.05, 3.63) is 71.2 Å². The van der Waals surface area contributed by atoms with Crippen LogP contribution in [0, 0.1) is 0 Å². The first kappa shape index (κ1) is 21.1. The van der Waals surface area contributed by atoms with Crippen LogP contribution in [0.1, 0.15) is 17.3 Å². The van der Waals surface area contributed by atoms with Crippen molar-refractivity contribution >= 4 is 52.4 Å². The van der Waals surface area contributed by atoms with Crippen LogP contribution in [0.15, 0.2) is 70.5 Å². The average Bonchev–Trinajstić information content (AvgIpc) is 2.87. The molecule has 0 unspecified atom stereocenters. The fourth-order valence-corrected chi connectivity index (χ4v) is 4.67. The Morgan fingerprint density at radius 3 is 2.45 bits per heavy atom. The molecule has 0 saturated heterocycles. The summed E-state index contributed by atoms with van der Waals surface area (Å²) in [5, 5.41) is 5.97. The maximum atomic E-state index is 13.1. The lowest BCUT2D eigenvalue weighted by molar-refractivity contribution is 0.0985. The van der Waals surface area contributed by atoms with Crippen LogP contribution in [0.25, 0.3) is 0 Å². The summed E-state index contributed by atoms with van der Waals surface area (Å²) in [6.07, 6.45) is 0. The molecule has 31 heavy (non-hydrogen) atoms. The van der Waals surface area contributed by atoms with Crippen molar-refractivity contribution < 1.29 is 14.3 Å². The third-order valence-electron chi connectivity index (χ3n) is 4.82. The number of hydrogen-bond donors (Lipinski definition) is 2. The van der Waals surface area contributed by atoms with Crippen molar-refractivity contribution in [3.63, 3.8) is 0 Å². The highest BCUT2D eigenvalue weighted by Crippen LogP contribution is 2.42. The van der Waals surface area contributed by atoms with E-state index in [-0.39, 0.29) is 5.91 Å². The Bertz CT molecular complexity index is 1170. The van der Waals surface area contributed by atoms with Crippen LogP contribution < -0.4 is 20.3 Å². The number of hydrogen-bond acceptors (Lipinski definition) is 4. The van der Waals surface area contributed by atoms with Gasteiger partial charge in [0.15, 0.2) is 0 Å². The van der Waals surface area contributed by atoms with E-state index in [1.807, 2.05) is 49.4 Å². The lowest BCUT2D eigenvalue weighted by atomic mass is 10.1. The van der Waals surface area contributed by atoms with Crippen molar-refractivity contribution in [1.29, 1.82) is 0 Å². The maximum Gasteiger partial charge on any atom is 0.323 e. The predicted octanol–water partition coefficient (Wildman–Crippen LogP) is 6.12. The molecule has 0 fully saturated rings. The molecule has 6 nitrogen and oxygen atoms in total. The van der Waals surface area contributed by atoms with Gasteiger partial charge in [-0.25, -0.2) is 4.79 Å². The number of carbonyl (C=O) groups excluding carboxylic acids is 2. The zero-order chi connectivity index (χ0) is 22.0. The molecule has 1 aliphatic heterocycles. The minimum absolute atomic E-state index is 0.0566. The number of urea groups is 1. The normalized spacial score (nSPS) is 12.5. The molecule has 1 heterocycles. The summed E-state index contributed by atoms with van der Waals surface area (Å²) in [6, 6.07) is 17.7. The number of methoxy groups -OCH3 is 1. The molecule has 0 spiro atoms. The number of amides is 3. The van der Waals surface area contributed by atoms with E-state index in [0.717, 1.165) is 15.5 Å². The van der Waals surface area contributed by atoms with Crippen molar-refractivity contribution in [2.75, 3.05) is 29.2 Å². The Labute approximate surface area is 189 Å². The maximum absolute atomic E-state index is 13.1. The lowest BCUT2D eigenvalue weighted by Crippen LogP contribution is -2.30. The van der Waals surface area contributed by atoms with Crippen molar-refractivity contribution in [1.82, 2.24) is 0 Å². The summed E-state index contributed by atoms with van der Waals surface area (Å²) >= 11 is 7.66. The molecule has 158 valence electrons. The van der Waals surface area contributed by atoms with E-state index in [4.69, 9.17) is 16.3 Å². The number of nitrogens with zero attached hydrogens (tertiary/aromatic N) is 1. The Hall–Kier alpha value is -3.16. The van der Waals surface area contributed by atoms with Crippen LogP contribution in [-0.2, 0) is 0 Å². The highest BCUT2D eigenvalue weighted by Gasteiger charge is 2.26. The first-order valence-corrected chi connectivity index (χ1v) is 10.8. The standard InChI is InChI=1S/C23H20ClN3O3S/c1-3-27-18-13-15(26-23(29)25-14-8-10-19(30-2)17(24)12-14)9-11-21(18)31-20-7-5-4-6-16(20)22(27)28/h4-13H,3H2,1-2H3,(H2,25,26,29). The molecule has 0 aromatic heterocycles. The summed E-state index contributed by atoms with van der Waals surface area (Å²) in [5.74, 6) is 0.472. The molecule has 0 bridgehead atoms. The smallest absolute Gasteiger partial charge is 0.323 e. The molecule has 1 aliphatic rings. The van der Waals surface area contributed by atoms with Gasteiger partial charge in [-0.3, -0.25) is 4.79 Å². The number of ether oxygens (including phenoxy) is 1. The lowest BCUT2D eigenvalue weighted by Gasteiger charge is -2.22. The van der Waals surface area contributed by atoms with Gasteiger partial charge in [0.2, 0.25) is 0 Å². The van der Waals surface area contributed by atoms with Gasteiger partial charge in [0.25, 0.3) is 5.91 Å². The topological polar surface area (TPSA) is 70.7 Å². The molecular weight excluding hydrogens is 434 g/mol. The fourth-order valence-electron chi connectivity index (χ4n) is 3.35. The van der Waals surface area contributed by atoms with Crippen LogP contribution in [0.2, 0.25) is 5.02 Å². The number of rotatable bonds is 4. The van der Waals surface area contributed by atoms with E-state index in [1.165, 1.54) is 7.11 Å². The van der Waals surface area contributed by atoms with Crippen molar-refractivity contribution in [3.8, 4) is 5.75 Å². The fraction of sp³-hybridized carbons (Fsp3) is 0.130. The van der Waals surface area contributed by atoms with E-state index >= 15 is 0 Å². The largest absolute Gasteiger partial charge is 0.495 e. The highest BCUT2D eigenvalue weighted by molar-refractivity contribution is 7.99. The molecule has 3 aromatic carbocycles. The molecule has 0 atom stereocenters. The number of carbonyl (C=O) groups is 2. The average molecular weight is 454 g/mol. The van der Waals surface area contributed by atoms with Crippen LogP contribution in [0.4, 0.5) is 21.9 Å². The van der Waals surface area contributed by atoms with Gasteiger partial charge in [-0.15, -0.1) is 0 Å². The van der Waals surface area contributed by atoms with Gasteiger partial charge in [0.1, 0.15) is 5.75 Å². The van der Waals surface area contributed by atoms with Crippen molar-refractivity contribution in [2.45, 2.75) is 16.7 Å². The van der Waals surface area contributed by atoms with Gasteiger partial charge in [0.05, 0.1) is 23.4 Å². The van der Waals surface area contributed by atoms with Crippen molar-refractivity contribution in [2.24, 2.45) is 0 Å². The Balaban J connectivity index is 1.57. The van der Waals surface area contributed by atoms with Crippen LogP contribution in [0.5, 0.6) is 5.75 Å². The van der Waals surface area contributed by atoms with E-state index < -0.39 is 6.03 Å². The molecular formula is C23H20ClN3O3S. The van der Waals surface area contributed by atoms with Gasteiger partial charge in [0, 0.05) is 27.7 Å². The zero-order valence-electron chi connectivity index (χ0n) is 16.9. The number of halogens is 1. The first-order valence-electron chi connectivity index (χ1n) is 9.64. The van der Waals surface area contributed by atoms with Gasteiger partial charge in [-0.05, 0) is 55.5 Å². The Morgan fingerprint density at radius 2 is 1.74 bits per heavy atom. The molecule has 4 rings (SSSR count). The summed E-state index contributed by atoms with van der Waals surface area (Å²) in [7, 11) is 1.53. The highest BCUT2D eigenvalue weighted by atomic mass is 35.5. The number of nitrogens with one attached hydrogen (secondary N) is 2. The molecule has 0 radical (unpaired) electrons. The molecule has 2 N–H and O–H groups in total. The Kier molecular flexibility index (Phi) is 6.06. The second-order valence-electron chi connectivity index (χ2n) is 6.76. The van der Waals surface area contributed by atoms with Gasteiger partial charge < -0.3 is 20.3 Å². The molecule has 3 amide bonds. The number of benzene rings is 3. The molecule has 3 aromatic rings. The summed E-state index contributed by atoms with van der Waals surface area (Å²) in [5.41, 5.74) is 2.55. The predicted molar refractivity (Wildman–Crippen MR) is 125 cm³/mol. The third kappa shape index (κ3) is 4.33. The monoisotopic (exact) mass is 453 g/mol. The summed E-state index contributed by atoms with van der Waals surface area (Å²) < 4.78 is 5.12. The quantitative estimate of drug-likeness (QED) is 0.499. The van der Waals surface area contributed by atoms with Crippen LogP contribution in [0.3, 0.4) is 0 Å². The number of fused-ring (bicyclic) bond motifs is 2. The number of anilines is 3. The second-order valence-corrected chi connectivity index (χ2v) is 8.25. The van der Waals surface area contributed by atoms with E-state index in [0.29, 0.717) is 34.3 Å². The second kappa shape index (κ2) is 8.91. The van der Waals surface area contributed by atoms with Gasteiger partial charge >= 0.3 is 6.03 Å². The minimum Gasteiger partial charge on any atom is -0.495 e. The summed E-state index contributed by atoms with van der Waals surface area (Å²) in [6.45, 7) is 2.45.